The van der Waals surface area contributed by atoms with Crippen LogP contribution in [0.15, 0.2) is 85.1 Å². The van der Waals surface area contributed by atoms with Crippen LogP contribution in [-0.2, 0) is 32.7 Å². The molecule has 0 bridgehead atoms. The van der Waals surface area contributed by atoms with Gasteiger partial charge in [0.1, 0.15) is 12.7 Å². The van der Waals surface area contributed by atoms with Crippen molar-refractivity contribution in [1.29, 1.82) is 0 Å². The predicted octanol–water partition coefficient (Wildman–Crippen LogP) is 7.33. The first-order chi connectivity index (χ1) is 29.3. The van der Waals surface area contributed by atoms with Gasteiger partial charge in [0.2, 0.25) is 0 Å². The molecule has 0 amide bonds. The van der Waals surface area contributed by atoms with Crippen molar-refractivity contribution < 1.29 is 68.2 Å². The first kappa shape index (κ1) is 58.0. The number of carbonyl (C=O) groups excluding carboxylic acids is 2. The molecule has 7 unspecified atom stereocenters. The van der Waals surface area contributed by atoms with Crippen molar-refractivity contribution in [3.8, 4) is 0 Å². The van der Waals surface area contributed by atoms with Gasteiger partial charge in [-0.25, -0.2) is 4.57 Å². The number of carbonyl (C=O) groups is 2. The highest BCUT2D eigenvalue weighted by molar-refractivity contribution is 7.47. The SMILES string of the molecule is CCCCCCCC/C=C\CCCCCCCC(=O)OCC(COP(=O)(O)OCC(O)CO)OC(=O)CCC(O)/C=C/C(O)/C=C/C=C/C=C\C(O)C/C=C/C/C=C\C(C)O. The second kappa shape index (κ2) is 39.8. The van der Waals surface area contributed by atoms with Crippen LogP contribution >= 0.6 is 7.82 Å². The van der Waals surface area contributed by atoms with Gasteiger partial charge in [-0.3, -0.25) is 18.6 Å². The van der Waals surface area contributed by atoms with Gasteiger partial charge in [-0.05, 0) is 58.3 Å². The molecule has 14 nitrogen and oxygen atoms in total. The van der Waals surface area contributed by atoms with Crippen LogP contribution in [0, 0.1) is 0 Å². The number of aliphatic hydroxyl groups is 6. The Kier molecular flexibility index (Phi) is 37.8. The van der Waals surface area contributed by atoms with E-state index in [1.54, 1.807) is 43.4 Å². The fourth-order valence-electron chi connectivity index (χ4n) is 5.34. The molecule has 0 aromatic carbocycles. The summed E-state index contributed by atoms with van der Waals surface area (Å²) in [6, 6.07) is 0. The summed E-state index contributed by atoms with van der Waals surface area (Å²) in [7, 11) is -4.74. The molecule has 0 aliphatic heterocycles. The fraction of sp³-hybridized carbons (Fsp3) is 0.652. The summed E-state index contributed by atoms with van der Waals surface area (Å²) < 4.78 is 32.4. The summed E-state index contributed by atoms with van der Waals surface area (Å²) in [6.07, 6.45) is 33.5. The lowest BCUT2D eigenvalue weighted by Crippen LogP contribution is -2.30. The predicted molar refractivity (Wildman–Crippen MR) is 238 cm³/mol. The quantitative estimate of drug-likeness (QED) is 0.0105. The van der Waals surface area contributed by atoms with E-state index in [9.17, 15) is 44.6 Å². The normalized spacial score (nSPS) is 16.7. The number of esters is 2. The lowest BCUT2D eigenvalue weighted by molar-refractivity contribution is -0.161. The Bertz CT molecular complexity index is 1360. The molecule has 15 heteroatoms. The van der Waals surface area contributed by atoms with E-state index in [1.807, 2.05) is 18.2 Å². The Balaban J connectivity index is 4.73. The highest BCUT2D eigenvalue weighted by Crippen LogP contribution is 2.43. The number of ether oxygens (including phenoxy) is 2. The minimum atomic E-state index is -4.74. The molecule has 7 N–H and O–H groups in total. The largest absolute Gasteiger partial charge is 0.472 e. The average Bonchev–Trinajstić information content (AvgIpc) is 3.23. The molecule has 0 aliphatic carbocycles. The van der Waals surface area contributed by atoms with Crippen LogP contribution in [0.5, 0.6) is 0 Å². The van der Waals surface area contributed by atoms with Gasteiger partial charge in [-0.2, -0.15) is 0 Å². The van der Waals surface area contributed by atoms with Crippen LogP contribution in [0.1, 0.15) is 129 Å². The molecular formula is C46H77O14P. The maximum atomic E-state index is 12.6. The first-order valence-corrected chi connectivity index (χ1v) is 23.4. The molecule has 350 valence electrons. The third-order valence-corrected chi connectivity index (χ3v) is 9.77. The number of allylic oxidation sites excluding steroid dienone is 8. The monoisotopic (exact) mass is 885 g/mol. The van der Waals surface area contributed by atoms with Crippen LogP contribution in [0.3, 0.4) is 0 Å². The Hall–Kier alpha value is -3.01. The van der Waals surface area contributed by atoms with Gasteiger partial charge in [0.05, 0.1) is 44.2 Å². The van der Waals surface area contributed by atoms with E-state index in [4.69, 9.17) is 19.1 Å². The van der Waals surface area contributed by atoms with Gasteiger partial charge >= 0.3 is 19.8 Å². The van der Waals surface area contributed by atoms with Gasteiger partial charge < -0.3 is 45.0 Å². The summed E-state index contributed by atoms with van der Waals surface area (Å²) in [6.45, 7) is 1.33. The molecule has 0 aromatic rings. The Labute approximate surface area is 364 Å². The van der Waals surface area contributed by atoms with E-state index in [0.29, 0.717) is 19.3 Å². The summed E-state index contributed by atoms with van der Waals surface area (Å²) in [5, 5.41) is 58.0. The van der Waals surface area contributed by atoms with Crippen LogP contribution in [-0.4, -0.2) is 111 Å². The second-order valence-electron chi connectivity index (χ2n) is 14.8. The Morgan fingerprint density at radius 2 is 1.25 bits per heavy atom. The van der Waals surface area contributed by atoms with Gasteiger partial charge in [0, 0.05) is 12.8 Å². The zero-order chi connectivity index (χ0) is 45.4. The molecule has 0 saturated carbocycles. The molecule has 0 aromatic heterocycles. The van der Waals surface area contributed by atoms with E-state index in [-0.39, 0.29) is 19.3 Å². The van der Waals surface area contributed by atoms with E-state index < -0.39 is 82.8 Å². The molecule has 0 heterocycles. The molecule has 7 atom stereocenters. The van der Waals surface area contributed by atoms with Crippen molar-refractivity contribution in [3.63, 3.8) is 0 Å². The van der Waals surface area contributed by atoms with E-state index in [1.165, 1.54) is 56.8 Å². The summed E-state index contributed by atoms with van der Waals surface area (Å²) in [4.78, 5) is 35.0. The average molecular weight is 885 g/mol. The highest BCUT2D eigenvalue weighted by Gasteiger charge is 2.27. The van der Waals surface area contributed by atoms with Crippen LogP contribution in [0.25, 0.3) is 0 Å². The van der Waals surface area contributed by atoms with Gasteiger partial charge in [0.25, 0.3) is 0 Å². The van der Waals surface area contributed by atoms with Gasteiger partial charge in [0.15, 0.2) is 6.10 Å². The van der Waals surface area contributed by atoms with Gasteiger partial charge in [-0.1, -0.05) is 143 Å². The number of phosphoric ester groups is 1. The molecule has 0 fully saturated rings. The van der Waals surface area contributed by atoms with Crippen molar-refractivity contribution >= 4 is 19.8 Å². The lowest BCUT2D eigenvalue weighted by Gasteiger charge is -2.20. The maximum absolute atomic E-state index is 12.6. The zero-order valence-corrected chi connectivity index (χ0v) is 37.4. The number of unbranched alkanes of at least 4 members (excludes halogenated alkanes) is 11. The number of aliphatic hydroxyl groups excluding tert-OH is 6. The molecule has 0 saturated heterocycles. The molecular weight excluding hydrogens is 807 g/mol. The van der Waals surface area contributed by atoms with Crippen molar-refractivity contribution in [2.75, 3.05) is 26.4 Å². The van der Waals surface area contributed by atoms with Crippen molar-refractivity contribution in [3.05, 3.63) is 85.1 Å². The smallest absolute Gasteiger partial charge is 0.462 e. The molecule has 0 radical (unpaired) electrons. The Morgan fingerprint density at radius 1 is 0.623 bits per heavy atom. The van der Waals surface area contributed by atoms with Crippen molar-refractivity contribution in [2.45, 2.75) is 166 Å². The third-order valence-electron chi connectivity index (χ3n) is 8.82. The zero-order valence-electron chi connectivity index (χ0n) is 36.5. The van der Waals surface area contributed by atoms with Crippen LogP contribution in [0.4, 0.5) is 0 Å². The minimum absolute atomic E-state index is 0.0873. The number of hydrogen-bond acceptors (Lipinski definition) is 13. The number of phosphoric acid groups is 1. The van der Waals surface area contributed by atoms with Crippen LogP contribution < -0.4 is 0 Å². The minimum Gasteiger partial charge on any atom is -0.462 e. The summed E-state index contributed by atoms with van der Waals surface area (Å²) in [5.74, 6) is -1.35. The third kappa shape index (κ3) is 40.8. The molecule has 61 heavy (non-hydrogen) atoms. The van der Waals surface area contributed by atoms with Crippen molar-refractivity contribution in [2.24, 2.45) is 0 Å². The van der Waals surface area contributed by atoms with E-state index in [0.717, 1.165) is 38.5 Å². The van der Waals surface area contributed by atoms with Gasteiger partial charge in [-0.15, -0.1) is 0 Å². The lowest BCUT2D eigenvalue weighted by atomic mass is 10.1. The summed E-state index contributed by atoms with van der Waals surface area (Å²) >= 11 is 0. The van der Waals surface area contributed by atoms with E-state index >= 15 is 0 Å². The highest BCUT2D eigenvalue weighted by atomic mass is 31.2. The standard InChI is InChI=1S/C46H77O14P/c1-3-4-5-6-7-8-9-10-11-12-13-14-15-16-25-30-45(53)57-37-44(38-59-61(55,56)58-36-43(52)35-47)60-46(54)34-33-42(51)32-31-41(50)29-24-20-19-23-28-40(49)27-22-18-17-21-26-39(2)48/h10-11,18-24,26,28-29,31-32,39-44,47-52H,3-9,12-17,25,27,30,33-38H2,1-2H3,(H,55,56)/b11-10-,20-19+,22-18+,26-21-,28-23-,29-24+,32-31+. The second-order valence-corrected chi connectivity index (χ2v) is 16.3. The summed E-state index contributed by atoms with van der Waals surface area (Å²) in [5.41, 5.74) is 0. The molecule has 0 spiro atoms. The van der Waals surface area contributed by atoms with Crippen LogP contribution in [0.2, 0.25) is 0 Å². The topological polar surface area (TPSA) is 230 Å². The Morgan fingerprint density at radius 3 is 1.90 bits per heavy atom. The molecule has 0 aliphatic rings. The van der Waals surface area contributed by atoms with Crippen molar-refractivity contribution in [1.82, 2.24) is 0 Å². The maximum Gasteiger partial charge on any atom is 0.472 e. The van der Waals surface area contributed by atoms with E-state index in [2.05, 4.69) is 23.6 Å². The molecule has 0 rings (SSSR count). The fourth-order valence-corrected chi connectivity index (χ4v) is 6.13. The number of rotatable bonds is 39. The first-order valence-electron chi connectivity index (χ1n) is 21.9. The number of hydrogen-bond donors (Lipinski definition) is 7.